The molecule has 0 spiro atoms. The molecule has 0 fully saturated rings. The van der Waals surface area contributed by atoms with Crippen LogP contribution < -0.4 is 4.74 Å². The number of carboxylic acids is 1. The van der Waals surface area contributed by atoms with Crippen LogP contribution in [0.4, 0.5) is 5.69 Å². The van der Waals surface area contributed by atoms with E-state index in [2.05, 4.69) is 0 Å². The highest BCUT2D eigenvalue weighted by molar-refractivity contribution is 5.91. The second-order valence-electron chi connectivity index (χ2n) is 4.41. The fourth-order valence-electron chi connectivity index (χ4n) is 1.88. The second-order valence-corrected chi connectivity index (χ2v) is 4.41. The molecule has 6 nitrogen and oxygen atoms in total. The van der Waals surface area contributed by atoms with Crippen molar-refractivity contribution in [1.29, 1.82) is 0 Å². The summed E-state index contributed by atoms with van der Waals surface area (Å²) < 4.78 is 5.62. The number of rotatable bonds is 5. The molecule has 0 radical (unpaired) electrons. The zero-order valence-electron chi connectivity index (χ0n) is 11.2. The Morgan fingerprint density at radius 3 is 2.48 bits per heavy atom. The first-order chi connectivity index (χ1) is 9.99. The molecule has 0 aromatic heterocycles. The van der Waals surface area contributed by atoms with Gasteiger partial charge in [0.2, 0.25) is 0 Å². The summed E-state index contributed by atoms with van der Waals surface area (Å²) in [5, 5.41) is 19.9. The minimum Gasteiger partial charge on any atom is -0.485 e. The van der Waals surface area contributed by atoms with Crippen LogP contribution in [0, 0.1) is 10.1 Å². The highest BCUT2D eigenvalue weighted by atomic mass is 16.6. The average molecular weight is 287 g/mol. The Hall–Kier alpha value is -2.89. The van der Waals surface area contributed by atoms with Crippen molar-refractivity contribution in [3.63, 3.8) is 0 Å². The van der Waals surface area contributed by atoms with Gasteiger partial charge in [-0.25, -0.2) is 4.79 Å². The third kappa shape index (κ3) is 3.36. The molecule has 0 bridgehead atoms. The summed E-state index contributed by atoms with van der Waals surface area (Å²) in [6.07, 6.45) is -0.370. The summed E-state index contributed by atoms with van der Waals surface area (Å²) in [5.41, 5.74) is 0.367. The number of ether oxygens (including phenoxy) is 1. The van der Waals surface area contributed by atoms with Gasteiger partial charge in [-0.05, 0) is 18.6 Å². The Labute approximate surface area is 120 Å². The van der Waals surface area contributed by atoms with Crippen LogP contribution in [0.1, 0.15) is 28.9 Å². The van der Waals surface area contributed by atoms with Crippen LogP contribution in [0.5, 0.6) is 5.75 Å². The van der Waals surface area contributed by atoms with Crippen LogP contribution in [0.3, 0.4) is 0 Å². The Balaban J connectivity index is 2.31. The minimum atomic E-state index is -1.27. The normalized spacial score (nSPS) is 11.7. The Morgan fingerprint density at radius 2 is 1.90 bits per heavy atom. The number of nitro benzene ring substituents is 1. The molecule has 2 aromatic rings. The van der Waals surface area contributed by atoms with Crippen molar-refractivity contribution in [2.75, 3.05) is 0 Å². The molecule has 1 unspecified atom stereocenters. The van der Waals surface area contributed by atoms with Crippen molar-refractivity contribution < 1.29 is 19.6 Å². The molecule has 0 saturated heterocycles. The summed E-state index contributed by atoms with van der Waals surface area (Å²) in [4.78, 5) is 21.3. The molecule has 2 aromatic carbocycles. The van der Waals surface area contributed by atoms with Gasteiger partial charge in [-0.3, -0.25) is 10.1 Å². The number of carbonyl (C=O) groups is 1. The van der Waals surface area contributed by atoms with Gasteiger partial charge < -0.3 is 9.84 Å². The monoisotopic (exact) mass is 287 g/mol. The van der Waals surface area contributed by atoms with E-state index in [1.165, 1.54) is 12.1 Å². The lowest BCUT2D eigenvalue weighted by Gasteiger charge is -2.16. The van der Waals surface area contributed by atoms with E-state index in [0.717, 1.165) is 11.6 Å². The summed E-state index contributed by atoms with van der Waals surface area (Å²) in [6.45, 7) is 1.78. The molecule has 6 heteroatoms. The molecular weight excluding hydrogens is 274 g/mol. The highest BCUT2D eigenvalue weighted by Crippen LogP contribution is 2.28. The molecule has 2 rings (SSSR count). The Kier molecular flexibility index (Phi) is 4.18. The van der Waals surface area contributed by atoms with Crippen LogP contribution in [0.25, 0.3) is 0 Å². The Morgan fingerprint density at radius 1 is 1.24 bits per heavy atom. The molecule has 0 aliphatic heterocycles. The number of hydrogen-bond donors (Lipinski definition) is 1. The van der Waals surface area contributed by atoms with E-state index in [-0.39, 0.29) is 23.1 Å². The van der Waals surface area contributed by atoms with Gasteiger partial charge in [0.1, 0.15) is 17.4 Å². The average Bonchev–Trinajstić information content (AvgIpc) is 2.48. The number of nitrogens with zero attached hydrogens (tertiary/aromatic N) is 1. The molecule has 0 saturated carbocycles. The van der Waals surface area contributed by atoms with Crippen molar-refractivity contribution >= 4 is 11.7 Å². The molecule has 1 atom stereocenters. The van der Waals surface area contributed by atoms with Gasteiger partial charge in [0.25, 0.3) is 5.69 Å². The van der Waals surface area contributed by atoms with Crippen molar-refractivity contribution in [2.24, 2.45) is 0 Å². The van der Waals surface area contributed by atoms with E-state index >= 15 is 0 Å². The fraction of sp³-hybridized carbons (Fsp3) is 0.133. The molecule has 108 valence electrons. The number of benzene rings is 2. The summed E-state index contributed by atoms with van der Waals surface area (Å²) in [7, 11) is 0. The van der Waals surface area contributed by atoms with Gasteiger partial charge in [-0.15, -0.1) is 0 Å². The van der Waals surface area contributed by atoms with E-state index in [9.17, 15) is 14.9 Å². The van der Waals surface area contributed by atoms with Crippen LogP contribution >= 0.6 is 0 Å². The van der Waals surface area contributed by atoms with Crippen LogP contribution in [-0.4, -0.2) is 16.0 Å². The van der Waals surface area contributed by atoms with E-state index in [1.54, 1.807) is 6.92 Å². The lowest BCUT2D eigenvalue weighted by Crippen LogP contribution is -2.08. The molecule has 0 amide bonds. The maximum Gasteiger partial charge on any atom is 0.339 e. The maximum absolute atomic E-state index is 11.2. The molecule has 0 aliphatic carbocycles. The lowest BCUT2D eigenvalue weighted by atomic mass is 10.1. The van der Waals surface area contributed by atoms with Gasteiger partial charge >= 0.3 is 5.97 Å². The number of non-ortho nitro benzene ring substituents is 1. The fourth-order valence-corrected chi connectivity index (χ4v) is 1.88. The summed E-state index contributed by atoms with van der Waals surface area (Å²) in [6, 6.07) is 12.8. The SMILES string of the molecule is CC(Oc1ccc([N+](=O)[O-])cc1C(=O)O)c1ccccc1. The first kappa shape index (κ1) is 14.5. The topological polar surface area (TPSA) is 89.7 Å². The molecular formula is C15H13NO5. The van der Waals surface area contributed by atoms with Crippen LogP contribution in [0.15, 0.2) is 48.5 Å². The standard InChI is InChI=1S/C15H13NO5/c1-10(11-5-3-2-4-6-11)21-14-8-7-12(16(19)20)9-13(14)15(17)18/h2-10H,1H3,(H,17,18). The van der Waals surface area contributed by atoms with E-state index in [4.69, 9.17) is 9.84 Å². The predicted molar refractivity (Wildman–Crippen MR) is 75.5 cm³/mol. The van der Waals surface area contributed by atoms with Gasteiger partial charge in [0.05, 0.1) is 4.92 Å². The second kappa shape index (κ2) is 6.04. The largest absolute Gasteiger partial charge is 0.485 e. The van der Waals surface area contributed by atoms with E-state index in [1.807, 2.05) is 30.3 Å². The quantitative estimate of drug-likeness (QED) is 0.672. The maximum atomic E-state index is 11.2. The molecule has 0 aliphatic rings. The van der Waals surface area contributed by atoms with Gasteiger partial charge in [-0.1, -0.05) is 30.3 Å². The summed E-state index contributed by atoms with van der Waals surface area (Å²) in [5.74, 6) is -1.17. The summed E-state index contributed by atoms with van der Waals surface area (Å²) >= 11 is 0. The smallest absolute Gasteiger partial charge is 0.339 e. The number of hydrogen-bond acceptors (Lipinski definition) is 4. The highest BCUT2D eigenvalue weighted by Gasteiger charge is 2.19. The third-order valence-corrected chi connectivity index (χ3v) is 2.98. The van der Waals surface area contributed by atoms with E-state index in [0.29, 0.717) is 0 Å². The first-order valence-electron chi connectivity index (χ1n) is 6.22. The van der Waals surface area contributed by atoms with E-state index < -0.39 is 10.9 Å². The van der Waals surface area contributed by atoms with Gasteiger partial charge in [0.15, 0.2) is 0 Å². The number of aromatic carboxylic acids is 1. The number of nitro groups is 1. The third-order valence-electron chi connectivity index (χ3n) is 2.98. The van der Waals surface area contributed by atoms with Crippen LogP contribution in [-0.2, 0) is 0 Å². The lowest BCUT2D eigenvalue weighted by molar-refractivity contribution is -0.384. The Bertz CT molecular complexity index is 669. The van der Waals surface area contributed by atoms with Crippen molar-refractivity contribution in [2.45, 2.75) is 13.0 Å². The van der Waals surface area contributed by atoms with Crippen LogP contribution in [0.2, 0.25) is 0 Å². The molecule has 0 heterocycles. The van der Waals surface area contributed by atoms with Crippen molar-refractivity contribution in [1.82, 2.24) is 0 Å². The number of carboxylic acid groups (broad SMARTS) is 1. The zero-order valence-corrected chi connectivity index (χ0v) is 11.2. The van der Waals surface area contributed by atoms with Crippen molar-refractivity contribution in [3.8, 4) is 5.75 Å². The predicted octanol–water partition coefficient (Wildman–Crippen LogP) is 3.43. The minimum absolute atomic E-state index is 0.101. The van der Waals surface area contributed by atoms with Gasteiger partial charge in [0, 0.05) is 12.1 Å². The molecule has 1 N–H and O–H groups in total. The first-order valence-corrected chi connectivity index (χ1v) is 6.22. The van der Waals surface area contributed by atoms with Gasteiger partial charge in [-0.2, -0.15) is 0 Å². The zero-order chi connectivity index (χ0) is 15.4. The van der Waals surface area contributed by atoms with Crippen molar-refractivity contribution in [3.05, 3.63) is 69.8 Å². The molecule has 21 heavy (non-hydrogen) atoms.